The van der Waals surface area contributed by atoms with Crippen LogP contribution < -0.4 is 0 Å². The molecule has 2 aliphatic rings. The first-order chi connectivity index (χ1) is 30.8. The van der Waals surface area contributed by atoms with Gasteiger partial charge >= 0.3 is 0 Å². The maximum atomic E-state index is 6.30. The van der Waals surface area contributed by atoms with Gasteiger partial charge in [0.15, 0.2) is 17.5 Å². The molecule has 9 aromatic rings. The maximum absolute atomic E-state index is 6.30. The maximum Gasteiger partial charge on any atom is 0.164 e. The molecule has 0 radical (unpaired) electrons. The highest BCUT2D eigenvalue weighted by atomic mass is 16.3. The van der Waals surface area contributed by atoms with Crippen LogP contribution in [0, 0.1) is 6.92 Å². The Labute approximate surface area is 369 Å². The van der Waals surface area contributed by atoms with Crippen molar-refractivity contribution in [1.82, 2.24) is 15.0 Å². The number of hydrogen-bond acceptors (Lipinski definition) is 4. The van der Waals surface area contributed by atoms with E-state index in [0.29, 0.717) is 29.3 Å². The molecule has 2 unspecified atom stereocenters. The van der Waals surface area contributed by atoms with Gasteiger partial charge in [-0.25, -0.2) is 15.0 Å². The van der Waals surface area contributed by atoms with Gasteiger partial charge in [-0.05, 0) is 112 Å². The van der Waals surface area contributed by atoms with E-state index in [0.717, 1.165) is 57.9 Å². The van der Waals surface area contributed by atoms with Gasteiger partial charge in [-0.15, -0.1) is 0 Å². The van der Waals surface area contributed by atoms with Crippen LogP contribution in [0.15, 0.2) is 180 Å². The van der Waals surface area contributed by atoms with Crippen LogP contribution in [0.25, 0.3) is 78.4 Å². The molecule has 0 saturated carbocycles. The molecule has 7 aromatic carbocycles. The van der Waals surface area contributed by atoms with E-state index in [4.69, 9.17) is 19.4 Å². The summed E-state index contributed by atoms with van der Waals surface area (Å²) in [6.45, 7) is 9.29. The monoisotopic (exact) mass is 815 g/mol. The predicted molar refractivity (Wildman–Crippen MR) is 260 cm³/mol. The number of rotatable bonds is 9. The van der Waals surface area contributed by atoms with Crippen LogP contribution in [0.4, 0.5) is 0 Å². The van der Waals surface area contributed by atoms with Gasteiger partial charge in [-0.3, -0.25) is 0 Å². The van der Waals surface area contributed by atoms with Gasteiger partial charge in [-0.1, -0.05) is 172 Å². The fraction of sp³-hybridized carbons (Fsp3) is 0.169. The highest BCUT2D eigenvalue weighted by Gasteiger charge is 2.36. The molecule has 0 bridgehead atoms. The third-order valence-corrected chi connectivity index (χ3v) is 13.7. The quantitative estimate of drug-likeness (QED) is 0.146. The molecule has 4 nitrogen and oxygen atoms in total. The van der Waals surface area contributed by atoms with Crippen LogP contribution in [0.2, 0.25) is 0 Å². The summed E-state index contributed by atoms with van der Waals surface area (Å²) in [5.41, 5.74) is 17.9. The minimum Gasteiger partial charge on any atom is -0.456 e. The molecule has 4 heteroatoms. The molecule has 0 aliphatic heterocycles. The zero-order chi connectivity index (χ0) is 42.7. The SMILES string of the molecule is CCC(Cc1ccccc1-c1cc2c(cc1C)C(C)(C)c1ccccc1-2)c1ccc(-c2nc(-c3ccc(C4C=CC=CC4)cc3)nc(-c3ccc4c(c3)oc3ccccc34)n2)cc1. The van der Waals surface area contributed by atoms with Crippen LogP contribution in [-0.4, -0.2) is 15.0 Å². The number of nitrogens with zero attached hydrogens (tertiary/aromatic N) is 3. The van der Waals surface area contributed by atoms with Crippen molar-refractivity contribution in [3.05, 3.63) is 209 Å². The molecule has 0 amide bonds. The third-order valence-electron chi connectivity index (χ3n) is 13.7. The average molecular weight is 816 g/mol. The molecular formula is C59H49N3O. The van der Waals surface area contributed by atoms with Gasteiger partial charge in [-0.2, -0.15) is 0 Å². The second-order valence-electron chi connectivity index (χ2n) is 17.9. The van der Waals surface area contributed by atoms with E-state index in [2.05, 4.69) is 185 Å². The van der Waals surface area contributed by atoms with Crippen molar-refractivity contribution in [2.75, 3.05) is 0 Å². The third kappa shape index (κ3) is 6.91. The number of benzene rings is 7. The molecule has 0 N–H and O–H groups in total. The predicted octanol–water partition coefficient (Wildman–Crippen LogP) is 15.4. The van der Waals surface area contributed by atoms with E-state index in [9.17, 15) is 0 Å². The number of aryl methyl sites for hydroxylation is 1. The largest absolute Gasteiger partial charge is 0.456 e. The van der Waals surface area contributed by atoms with Gasteiger partial charge in [0.05, 0.1) is 0 Å². The van der Waals surface area contributed by atoms with E-state index in [1.165, 1.54) is 55.6 Å². The van der Waals surface area contributed by atoms with Gasteiger partial charge < -0.3 is 4.42 Å². The highest BCUT2D eigenvalue weighted by Crippen LogP contribution is 2.50. The smallest absolute Gasteiger partial charge is 0.164 e. The van der Waals surface area contributed by atoms with Gasteiger partial charge in [0.25, 0.3) is 0 Å². The summed E-state index contributed by atoms with van der Waals surface area (Å²) in [6.07, 6.45) is 11.7. The number of fused-ring (bicyclic) bond motifs is 6. The molecule has 0 fully saturated rings. The fourth-order valence-electron chi connectivity index (χ4n) is 10.1. The molecule has 2 aliphatic carbocycles. The number of furan rings is 1. The Kier molecular flexibility index (Phi) is 9.61. The van der Waals surface area contributed by atoms with Crippen LogP contribution in [-0.2, 0) is 11.8 Å². The molecule has 63 heavy (non-hydrogen) atoms. The standard InChI is InChI=1S/C59H49N3O/c1-5-38(34-44-17-9-10-18-46(44)50-36-51-47-19-11-13-21-52(47)59(3,4)53(51)33-37(50)2)40-23-27-42(28-24-40)56-60-57(43-29-25-41(26-30-43)39-15-7-6-8-16-39)62-58(61-56)45-31-32-49-48-20-12-14-22-54(48)63-55(49)35-45/h6-15,17-33,35-36,38-39H,5,16,34H2,1-4H3. The first kappa shape index (κ1) is 38.7. The van der Waals surface area contributed by atoms with Crippen LogP contribution >= 0.6 is 0 Å². The lowest BCUT2D eigenvalue weighted by atomic mass is 9.80. The summed E-state index contributed by atoms with van der Waals surface area (Å²) in [5.74, 6) is 2.61. The number of aromatic nitrogens is 3. The molecular weight excluding hydrogens is 767 g/mol. The van der Waals surface area contributed by atoms with Crippen molar-refractivity contribution < 1.29 is 4.42 Å². The van der Waals surface area contributed by atoms with Gasteiger partial charge in [0, 0.05) is 38.8 Å². The minimum absolute atomic E-state index is 0.0155. The number of allylic oxidation sites excluding steroid dienone is 4. The van der Waals surface area contributed by atoms with Crippen molar-refractivity contribution in [3.8, 4) is 56.4 Å². The average Bonchev–Trinajstić information content (AvgIpc) is 3.81. The fourth-order valence-corrected chi connectivity index (χ4v) is 10.1. The van der Waals surface area contributed by atoms with Crippen LogP contribution in [0.1, 0.15) is 78.8 Å². The van der Waals surface area contributed by atoms with Crippen molar-refractivity contribution >= 4 is 21.9 Å². The lowest BCUT2D eigenvalue weighted by molar-refractivity contribution is 0.659. The van der Waals surface area contributed by atoms with E-state index in [-0.39, 0.29) is 5.41 Å². The van der Waals surface area contributed by atoms with Crippen molar-refractivity contribution in [3.63, 3.8) is 0 Å². The molecule has 0 saturated heterocycles. The second-order valence-corrected chi connectivity index (χ2v) is 17.9. The number of hydrogen-bond donors (Lipinski definition) is 0. The molecule has 306 valence electrons. The first-order valence-electron chi connectivity index (χ1n) is 22.4. The van der Waals surface area contributed by atoms with Crippen molar-refractivity contribution in [2.45, 2.75) is 64.2 Å². The Morgan fingerprint density at radius 3 is 1.98 bits per heavy atom. The Morgan fingerprint density at radius 2 is 1.24 bits per heavy atom. The summed E-state index contributed by atoms with van der Waals surface area (Å²) in [6, 6.07) is 54.9. The minimum atomic E-state index is -0.0155. The molecule has 2 aromatic heterocycles. The Morgan fingerprint density at radius 1 is 0.587 bits per heavy atom. The summed E-state index contributed by atoms with van der Waals surface area (Å²) in [7, 11) is 0. The zero-order valence-corrected chi connectivity index (χ0v) is 36.3. The van der Waals surface area contributed by atoms with Crippen molar-refractivity contribution in [1.29, 1.82) is 0 Å². The van der Waals surface area contributed by atoms with E-state index < -0.39 is 0 Å². The topological polar surface area (TPSA) is 51.8 Å². The normalized spacial score (nSPS) is 15.5. The Balaban J connectivity index is 0.928. The van der Waals surface area contributed by atoms with E-state index in [1.807, 2.05) is 18.2 Å². The van der Waals surface area contributed by atoms with Crippen molar-refractivity contribution in [2.24, 2.45) is 0 Å². The zero-order valence-electron chi connectivity index (χ0n) is 36.3. The summed E-state index contributed by atoms with van der Waals surface area (Å²) in [4.78, 5) is 15.4. The van der Waals surface area contributed by atoms with E-state index >= 15 is 0 Å². The van der Waals surface area contributed by atoms with Crippen LogP contribution in [0.5, 0.6) is 0 Å². The highest BCUT2D eigenvalue weighted by molar-refractivity contribution is 6.05. The van der Waals surface area contributed by atoms with Gasteiger partial charge in [0.2, 0.25) is 0 Å². The lowest BCUT2D eigenvalue weighted by Crippen LogP contribution is -2.15. The van der Waals surface area contributed by atoms with Gasteiger partial charge in [0.1, 0.15) is 11.2 Å². The lowest BCUT2D eigenvalue weighted by Gasteiger charge is -2.23. The van der Waals surface area contributed by atoms with E-state index in [1.54, 1.807) is 0 Å². The second kappa shape index (κ2) is 15.6. The summed E-state index contributed by atoms with van der Waals surface area (Å²) >= 11 is 0. The molecule has 0 spiro atoms. The molecule has 2 heterocycles. The molecule has 11 rings (SSSR count). The Bertz CT molecular complexity index is 3260. The summed E-state index contributed by atoms with van der Waals surface area (Å²) < 4.78 is 6.30. The summed E-state index contributed by atoms with van der Waals surface area (Å²) in [5, 5.41) is 2.18. The Hall–Kier alpha value is -7.17. The first-order valence-corrected chi connectivity index (χ1v) is 22.4. The molecule has 2 atom stereocenters. The van der Waals surface area contributed by atoms with Crippen LogP contribution in [0.3, 0.4) is 0 Å². The number of para-hydroxylation sites is 1.